The average Bonchev–Trinajstić information content (AvgIpc) is 2.90. The Morgan fingerprint density at radius 2 is 2.00 bits per heavy atom. The van der Waals surface area contributed by atoms with Gasteiger partial charge in [-0.15, -0.1) is 5.10 Å². The Hall–Kier alpha value is -1.30. The highest BCUT2D eigenvalue weighted by molar-refractivity contribution is 7.05. The highest BCUT2D eigenvalue weighted by Gasteiger charge is 2.13. The highest BCUT2D eigenvalue weighted by Crippen LogP contribution is 2.21. The van der Waals surface area contributed by atoms with Crippen LogP contribution in [0.5, 0.6) is 0 Å². The van der Waals surface area contributed by atoms with Crippen molar-refractivity contribution in [1.29, 1.82) is 0 Å². The van der Waals surface area contributed by atoms with Gasteiger partial charge in [-0.25, -0.2) is 0 Å². The fraction of sp³-hybridized carbons (Fsp3) is 0.385. The number of aromatic nitrogens is 2. The molecule has 0 aliphatic heterocycles. The quantitative estimate of drug-likeness (QED) is 0.641. The van der Waals surface area contributed by atoms with E-state index >= 15 is 0 Å². The van der Waals surface area contributed by atoms with Gasteiger partial charge >= 0.3 is 0 Å². The van der Waals surface area contributed by atoms with Crippen molar-refractivity contribution in [3.8, 4) is 0 Å². The van der Waals surface area contributed by atoms with Gasteiger partial charge < -0.3 is 0 Å². The highest BCUT2D eigenvalue weighted by atomic mass is 32.1. The number of nitrogens with zero attached hydrogens (tertiary/aromatic N) is 2. The summed E-state index contributed by atoms with van der Waals surface area (Å²) in [6.45, 7) is 4.39. The molecule has 1 unspecified atom stereocenters. The van der Waals surface area contributed by atoms with Crippen LogP contribution in [0, 0.1) is 0 Å². The first-order valence-electron chi connectivity index (χ1n) is 6.03. The second kappa shape index (κ2) is 6.04. The third-order valence-corrected chi connectivity index (χ3v) is 3.79. The summed E-state index contributed by atoms with van der Waals surface area (Å²) < 4.78 is 3.87. The summed E-state index contributed by atoms with van der Waals surface area (Å²) in [4.78, 5) is 1.06. The van der Waals surface area contributed by atoms with Gasteiger partial charge in [0.1, 0.15) is 0 Å². The maximum Gasteiger partial charge on any atom is 0.0670 e. The lowest BCUT2D eigenvalue weighted by Gasteiger charge is -2.14. The average molecular weight is 262 g/mol. The van der Waals surface area contributed by atoms with Gasteiger partial charge in [-0.05, 0) is 35.0 Å². The van der Waals surface area contributed by atoms with Crippen LogP contribution in [0.15, 0.2) is 30.5 Å². The minimum Gasteiger partial charge on any atom is -0.271 e. The van der Waals surface area contributed by atoms with E-state index < -0.39 is 0 Å². The topological polar surface area (TPSA) is 63.8 Å². The molecule has 1 aromatic heterocycles. The second-order valence-electron chi connectivity index (χ2n) is 4.64. The van der Waals surface area contributed by atoms with E-state index in [1.54, 1.807) is 6.20 Å². The maximum atomic E-state index is 5.59. The SMILES string of the molecule is CC(C)c1ccc(CC(NN)c2cnns2)cc1. The molecule has 0 bridgehead atoms. The number of hydrazine groups is 1. The summed E-state index contributed by atoms with van der Waals surface area (Å²) in [5.74, 6) is 6.15. The van der Waals surface area contributed by atoms with Gasteiger partial charge in [0.2, 0.25) is 0 Å². The van der Waals surface area contributed by atoms with Crippen molar-refractivity contribution in [2.75, 3.05) is 0 Å². The van der Waals surface area contributed by atoms with Crippen molar-refractivity contribution in [2.24, 2.45) is 5.84 Å². The zero-order valence-corrected chi connectivity index (χ0v) is 11.4. The van der Waals surface area contributed by atoms with Gasteiger partial charge in [-0.3, -0.25) is 11.3 Å². The van der Waals surface area contributed by atoms with Crippen LogP contribution in [-0.2, 0) is 6.42 Å². The number of nitrogens with two attached hydrogens (primary N) is 1. The number of rotatable bonds is 5. The van der Waals surface area contributed by atoms with Gasteiger partial charge in [0, 0.05) is 0 Å². The van der Waals surface area contributed by atoms with Crippen LogP contribution in [-0.4, -0.2) is 9.59 Å². The third kappa shape index (κ3) is 3.13. The summed E-state index contributed by atoms with van der Waals surface area (Å²) >= 11 is 1.38. The number of benzene rings is 1. The summed E-state index contributed by atoms with van der Waals surface area (Å²) in [5, 5.41) is 3.84. The first-order chi connectivity index (χ1) is 8.70. The van der Waals surface area contributed by atoms with Gasteiger partial charge in [-0.2, -0.15) is 0 Å². The molecule has 0 amide bonds. The lowest BCUT2D eigenvalue weighted by Crippen LogP contribution is -2.28. The molecule has 1 aromatic carbocycles. The third-order valence-electron chi connectivity index (χ3n) is 3.01. The summed E-state index contributed by atoms with van der Waals surface area (Å²) in [7, 11) is 0. The number of nitrogens with one attached hydrogen (secondary N) is 1. The number of hydrogen-bond donors (Lipinski definition) is 2. The lowest BCUT2D eigenvalue weighted by atomic mass is 9.99. The molecule has 0 saturated carbocycles. The van der Waals surface area contributed by atoms with Crippen molar-refractivity contribution in [1.82, 2.24) is 15.0 Å². The Morgan fingerprint density at radius 3 is 2.50 bits per heavy atom. The maximum absolute atomic E-state index is 5.59. The van der Waals surface area contributed by atoms with Crippen LogP contribution in [0.3, 0.4) is 0 Å². The van der Waals surface area contributed by atoms with Crippen LogP contribution in [0.4, 0.5) is 0 Å². The molecule has 4 nitrogen and oxygen atoms in total. The first kappa shape index (κ1) is 13.1. The Morgan fingerprint density at radius 1 is 1.28 bits per heavy atom. The molecule has 96 valence electrons. The molecule has 1 heterocycles. The molecular weight excluding hydrogens is 244 g/mol. The molecule has 0 spiro atoms. The lowest BCUT2D eigenvalue weighted by molar-refractivity contribution is 0.559. The molecule has 2 aromatic rings. The van der Waals surface area contributed by atoms with Crippen LogP contribution in [0.25, 0.3) is 0 Å². The van der Waals surface area contributed by atoms with Crippen LogP contribution < -0.4 is 11.3 Å². The molecular formula is C13H18N4S. The van der Waals surface area contributed by atoms with Crippen molar-refractivity contribution in [2.45, 2.75) is 32.2 Å². The second-order valence-corrected chi connectivity index (χ2v) is 5.46. The van der Waals surface area contributed by atoms with Crippen molar-refractivity contribution < 1.29 is 0 Å². The fourth-order valence-corrected chi connectivity index (χ4v) is 2.41. The van der Waals surface area contributed by atoms with Crippen molar-refractivity contribution in [3.05, 3.63) is 46.5 Å². The molecule has 18 heavy (non-hydrogen) atoms. The molecule has 0 aliphatic rings. The van der Waals surface area contributed by atoms with Gasteiger partial charge in [0.15, 0.2) is 0 Å². The summed E-state index contributed by atoms with van der Waals surface area (Å²) in [6.07, 6.45) is 2.61. The Bertz CT molecular complexity index is 464. The van der Waals surface area contributed by atoms with E-state index in [0.717, 1.165) is 11.3 Å². The normalized spacial score (nSPS) is 12.9. The fourth-order valence-electron chi connectivity index (χ4n) is 1.84. The molecule has 0 saturated heterocycles. The van der Waals surface area contributed by atoms with E-state index in [1.807, 2.05) is 0 Å². The van der Waals surface area contributed by atoms with Crippen LogP contribution in [0.1, 0.15) is 41.8 Å². The van der Waals surface area contributed by atoms with Crippen molar-refractivity contribution >= 4 is 11.5 Å². The van der Waals surface area contributed by atoms with Crippen molar-refractivity contribution in [3.63, 3.8) is 0 Å². The molecule has 5 heteroatoms. The van der Waals surface area contributed by atoms with Crippen LogP contribution in [0.2, 0.25) is 0 Å². The van der Waals surface area contributed by atoms with Gasteiger partial charge in [-0.1, -0.05) is 42.6 Å². The first-order valence-corrected chi connectivity index (χ1v) is 6.80. The summed E-state index contributed by atoms with van der Waals surface area (Å²) in [6, 6.07) is 8.76. The van der Waals surface area contributed by atoms with E-state index in [1.165, 1.54) is 22.7 Å². The smallest absolute Gasteiger partial charge is 0.0670 e. The monoisotopic (exact) mass is 262 g/mol. The van der Waals surface area contributed by atoms with E-state index in [2.05, 4.69) is 53.1 Å². The Kier molecular flexibility index (Phi) is 4.41. The molecule has 3 N–H and O–H groups in total. The molecule has 2 rings (SSSR count). The zero-order chi connectivity index (χ0) is 13.0. The molecule has 0 fully saturated rings. The summed E-state index contributed by atoms with van der Waals surface area (Å²) in [5.41, 5.74) is 5.44. The Labute approximate surface area is 111 Å². The van der Waals surface area contributed by atoms with Gasteiger partial charge in [0.05, 0.1) is 17.1 Å². The zero-order valence-electron chi connectivity index (χ0n) is 10.6. The largest absolute Gasteiger partial charge is 0.271 e. The Balaban J connectivity index is 2.08. The molecule has 1 atom stereocenters. The standard InChI is InChI=1S/C13H18N4S/c1-9(2)11-5-3-10(4-6-11)7-12(16-14)13-8-15-17-18-13/h3-6,8-9,12,16H,7,14H2,1-2H3. The van der Waals surface area contributed by atoms with E-state index in [9.17, 15) is 0 Å². The van der Waals surface area contributed by atoms with E-state index in [0.29, 0.717) is 5.92 Å². The minimum absolute atomic E-state index is 0.0786. The van der Waals surface area contributed by atoms with Crippen LogP contribution >= 0.6 is 11.5 Å². The predicted octanol–water partition coefficient (Wildman–Crippen LogP) is 2.41. The molecule has 0 radical (unpaired) electrons. The van der Waals surface area contributed by atoms with E-state index in [4.69, 9.17) is 5.84 Å². The molecule has 0 aliphatic carbocycles. The minimum atomic E-state index is 0.0786. The van der Waals surface area contributed by atoms with Gasteiger partial charge in [0.25, 0.3) is 0 Å². The van der Waals surface area contributed by atoms with E-state index in [-0.39, 0.29) is 6.04 Å². The number of hydrogen-bond acceptors (Lipinski definition) is 5. The predicted molar refractivity (Wildman–Crippen MR) is 74.2 cm³/mol.